The van der Waals surface area contributed by atoms with Crippen LogP contribution in [0.2, 0.25) is 5.02 Å². The molecule has 1 N–H and O–H groups in total. The summed E-state index contributed by atoms with van der Waals surface area (Å²) in [7, 11) is 3.38. The summed E-state index contributed by atoms with van der Waals surface area (Å²) >= 11 is 7.25. The van der Waals surface area contributed by atoms with Crippen LogP contribution in [0.3, 0.4) is 0 Å². The van der Waals surface area contributed by atoms with Crippen LogP contribution in [0.5, 0.6) is 0 Å². The molecule has 3 heterocycles. The van der Waals surface area contributed by atoms with Crippen molar-refractivity contribution in [1.29, 1.82) is 0 Å². The van der Waals surface area contributed by atoms with Crippen molar-refractivity contribution in [2.24, 2.45) is 14.1 Å². The van der Waals surface area contributed by atoms with E-state index in [0.29, 0.717) is 26.5 Å². The zero-order valence-corrected chi connectivity index (χ0v) is 18.2. The summed E-state index contributed by atoms with van der Waals surface area (Å²) in [5, 5.41) is 1.81. The number of H-pyrrole nitrogens is 1. The van der Waals surface area contributed by atoms with Gasteiger partial charge in [0.1, 0.15) is 0 Å². The second-order valence-electron chi connectivity index (χ2n) is 7.15. The Kier molecular flexibility index (Phi) is 4.71. The molecule has 0 unspecified atom stereocenters. The van der Waals surface area contributed by atoms with E-state index in [2.05, 4.69) is 15.0 Å². The summed E-state index contributed by atoms with van der Waals surface area (Å²) in [5.41, 5.74) is 2.45. The number of nitrogens with one attached hydrogen (secondary N) is 1. The average Bonchev–Trinajstić information content (AvgIpc) is 3.32. The third-order valence-electron chi connectivity index (χ3n) is 5.13. The largest absolute Gasteiger partial charge is 0.333 e. The molecule has 0 saturated heterocycles. The van der Waals surface area contributed by atoms with Gasteiger partial charge in [0.15, 0.2) is 21.5 Å². The van der Waals surface area contributed by atoms with Crippen LogP contribution < -0.4 is 11.2 Å². The predicted molar refractivity (Wildman–Crippen MR) is 121 cm³/mol. The van der Waals surface area contributed by atoms with E-state index >= 15 is 0 Å². The number of benzene rings is 2. The van der Waals surface area contributed by atoms with E-state index < -0.39 is 5.69 Å². The van der Waals surface area contributed by atoms with Gasteiger partial charge in [-0.2, -0.15) is 0 Å². The summed E-state index contributed by atoms with van der Waals surface area (Å²) in [6, 6.07) is 14.8. The fraction of sp³-hybridized carbons (Fsp3) is 0.143. The van der Waals surface area contributed by atoms with E-state index in [1.807, 2.05) is 24.3 Å². The molecule has 0 fully saturated rings. The minimum atomic E-state index is -0.425. The van der Waals surface area contributed by atoms with Crippen LogP contribution in [0.1, 0.15) is 5.56 Å². The maximum absolute atomic E-state index is 13.2. The molecule has 2 aromatic carbocycles. The molecule has 0 saturated carbocycles. The molecule has 3 aromatic heterocycles. The van der Waals surface area contributed by atoms with Gasteiger partial charge in [0.2, 0.25) is 0 Å². The zero-order chi connectivity index (χ0) is 21.7. The first kappa shape index (κ1) is 19.7. The lowest BCUT2D eigenvalue weighted by Gasteiger charge is -2.09. The van der Waals surface area contributed by atoms with Crippen LogP contribution in [0.25, 0.3) is 22.2 Å². The number of rotatable bonds is 4. The minimum Gasteiger partial charge on any atom is -0.333 e. The molecule has 0 atom stereocenters. The molecule has 0 aliphatic rings. The molecule has 0 bridgehead atoms. The van der Waals surface area contributed by atoms with E-state index in [0.717, 1.165) is 16.6 Å². The first-order valence-corrected chi connectivity index (χ1v) is 10.6. The summed E-state index contributed by atoms with van der Waals surface area (Å²) in [5.74, 6) is 0. The molecule has 0 radical (unpaired) electrons. The summed E-state index contributed by atoms with van der Waals surface area (Å²) < 4.78 is 4.31. The Morgan fingerprint density at radius 3 is 2.48 bits per heavy atom. The van der Waals surface area contributed by atoms with Gasteiger partial charge in [-0.3, -0.25) is 13.9 Å². The Balaban J connectivity index is 1.61. The molecule has 0 aliphatic carbocycles. The summed E-state index contributed by atoms with van der Waals surface area (Å²) in [4.78, 5) is 38.5. The van der Waals surface area contributed by atoms with E-state index in [-0.39, 0.29) is 12.1 Å². The Morgan fingerprint density at radius 2 is 1.74 bits per heavy atom. The number of nitrogens with zero attached hydrogens (tertiary/aromatic N) is 5. The molecule has 0 aliphatic heterocycles. The molecule has 0 amide bonds. The molecule has 5 aromatic rings. The van der Waals surface area contributed by atoms with Gasteiger partial charge in [0.25, 0.3) is 5.56 Å². The van der Waals surface area contributed by atoms with E-state index in [1.54, 1.807) is 42.9 Å². The van der Waals surface area contributed by atoms with Crippen LogP contribution in [-0.4, -0.2) is 28.7 Å². The van der Waals surface area contributed by atoms with E-state index in [4.69, 9.17) is 11.6 Å². The van der Waals surface area contributed by atoms with E-state index in [1.165, 1.54) is 20.9 Å². The molecule has 156 valence electrons. The number of aryl methyl sites for hydroxylation is 2. The van der Waals surface area contributed by atoms with Crippen LogP contribution in [0.15, 0.2) is 68.4 Å². The van der Waals surface area contributed by atoms with Crippen LogP contribution in [0.4, 0.5) is 0 Å². The number of fused-ring (bicyclic) bond motifs is 2. The van der Waals surface area contributed by atoms with Crippen molar-refractivity contribution in [3.63, 3.8) is 0 Å². The number of aromatic amines is 1. The van der Waals surface area contributed by atoms with E-state index in [9.17, 15) is 9.59 Å². The normalized spacial score (nSPS) is 11.6. The molecular formula is C21H17ClN6O2S. The first-order valence-electron chi connectivity index (χ1n) is 9.45. The highest BCUT2D eigenvalue weighted by atomic mass is 35.5. The quantitative estimate of drug-likeness (QED) is 0.452. The van der Waals surface area contributed by atoms with Gasteiger partial charge in [0.05, 0.1) is 17.6 Å². The molecule has 10 heteroatoms. The third-order valence-corrected chi connectivity index (χ3v) is 6.31. The lowest BCUT2D eigenvalue weighted by Crippen LogP contribution is -2.39. The number of para-hydroxylation sites is 2. The minimum absolute atomic E-state index is 0.149. The monoisotopic (exact) mass is 452 g/mol. The van der Waals surface area contributed by atoms with Gasteiger partial charge < -0.3 is 9.55 Å². The highest BCUT2D eigenvalue weighted by molar-refractivity contribution is 7.99. The molecule has 5 rings (SSSR count). The Labute approximate surface area is 185 Å². The number of aromatic nitrogens is 6. The molecule has 0 spiro atoms. The van der Waals surface area contributed by atoms with Crippen LogP contribution >= 0.6 is 23.4 Å². The maximum atomic E-state index is 13.2. The lowest BCUT2D eigenvalue weighted by molar-refractivity contribution is 0.655. The smallest absolute Gasteiger partial charge is 0.332 e. The third kappa shape index (κ3) is 3.35. The van der Waals surface area contributed by atoms with Crippen molar-refractivity contribution >= 4 is 45.6 Å². The standard InChI is InChI=1S/C21H17ClN6O2S/c1-26-16-17(25-20(26)31-19-23-14-5-3-4-6-15(14)24-19)27(2)21(30)28(18(16)29)11-12-7-9-13(22)10-8-12/h3-10H,11H2,1-2H3,(H,23,24). The van der Waals surface area contributed by atoms with Crippen LogP contribution in [-0.2, 0) is 20.6 Å². The molecule has 31 heavy (non-hydrogen) atoms. The van der Waals surface area contributed by atoms with Gasteiger partial charge in [-0.15, -0.1) is 0 Å². The fourth-order valence-electron chi connectivity index (χ4n) is 3.49. The second-order valence-corrected chi connectivity index (χ2v) is 8.54. The molecule has 8 nitrogen and oxygen atoms in total. The predicted octanol–water partition coefficient (Wildman–Crippen LogP) is 3.16. The Hall–Kier alpha value is -3.30. The van der Waals surface area contributed by atoms with Crippen molar-refractivity contribution in [2.75, 3.05) is 0 Å². The summed E-state index contributed by atoms with van der Waals surface area (Å²) in [6.45, 7) is 0.149. The zero-order valence-electron chi connectivity index (χ0n) is 16.7. The number of hydrogen-bond donors (Lipinski definition) is 1. The lowest BCUT2D eigenvalue weighted by atomic mass is 10.2. The van der Waals surface area contributed by atoms with Gasteiger partial charge in [-0.05, 0) is 41.6 Å². The van der Waals surface area contributed by atoms with Gasteiger partial charge >= 0.3 is 5.69 Å². The van der Waals surface area contributed by atoms with Crippen molar-refractivity contribution in [2.45, 2.75) is 16.9 Å². The Bertz CT molecular complexity index is 1530. The highest BCUT2D eigenvalue weighted by Gasteiger charge is 2.20. The first-order chi connectivity index (χ1) is 14.9. The highest BCUT2D eigenvalue weighted by Crippen LogP contribution is 2.27. The fourth-order valence-corrected chi connectivity index (χ4v) is 4.46. The second kappa shape index (κ2) is 7.44. The van der Waals surface area contributed by atoms with Crippen molar-refractivity contribution in [3.05, 3.63) is 80.0 Å². The number of hydrogen-bond acceptors (Lipinski definition) is 5. The topological polar surface area (TPSA) is 90.5 Å². The van der Waals surface area contributed by atoms with Crippen molar-refractivity contribution in [1.82, 2.24) is 28.7 Å². The average molecular weight is 453 g/mol. The van der Waals surface area contributed by atoms with Gasteiger partial charge in [-0.1, -0.05) is 35.9 Å². The van der Waals surface area contributed by atoms with Crippen molar-refractivity contribution < 1.29 is 0 Å². The van der Waals surface area contributed by atoms with Gasteiger partial charge in [-0.25, -0.2) is 14.8 Å². The maximum Gasteiger partial charge on any atom is 0.332 e. The Morgan fingerprint density at radius 1 is 1.00 bits per heavy atom. The number of imidazole rings is 2. The SMILES string of the molecule is Cn1c(Sc2nc3ccccc3[nH]2)nc2c1c(=O)n(Cc1ccc(Cl)cc1)c(=O)n2C. The molecular weight excluding hydrogens is 436 g/mol. The van der Waals surface area contributed by atoms with Gasteiger partial charge in [0, 0.05) is 19.1 Å². The number of halogens is 1. The van der Waals surface area contributed by atoms with Crippen LogP contribution in [0, 0.1) is 0 Å². The summed E-state index contributed by atoms with van der Waals surface area (Å²) in [6.07, 6.45) is 0. The van der Waals surface area contributed by atoms with Crippen molar-refractivity contribution in [3.8, 4) is 0 Å².